The van der Waals surface area contributed by atoms with Crippen LogP contribution in [0.3, 0.4) is 0 Å². The number of amides is 2. The minimum atomic E-state index is -1.02. The van der Waals surface area contributed by atoms with Crippen molar-refractivity contribution in [3.63, 3.8) is 0 Å². The van der Waals surface area contributed by atoms with Crippen LogP contribution < -0.4 is 10.6 Å². The largest absolute Gasteiger partial charge is 0.480 e. The maximum atomic E-state index is 11.5. The SMILES string of the molecule is CCC(NC(=O)NC1(C)CCOC1)C(=O)O. The topological polar surface area (TPSA) is 87.7 Å². The Kier molecular flexibility index (Phi) is 4.12. The Morgan fingerprint density at radius 3 is 2.69 bits per heavy atom. The summed E-state index contributed by atoms with van der Waals surface area (Å²) in [5.41, 5.74) is -0.388. The lowest BCUT2D eigenvalue weighted by Gasteiger charge is -2.24. The summed E-state index contributed by atoms with van der Waals surface area (Å²) in [6.45, 7) is 4.66. The molecule has 1 rings (SSSR count). The van der Waals surface area contributed by atoms with E-state index in [-0.39, 0.29) is 5.54 Å². The van der Waals surface area contributed by atoms with E-state index < -0.39 is 18.0 Å². The molecule has 16 heavy (non-hydrogen) atoms. The van der Waals surface area contributed by atoms with E-state index in [1.54, 1.807) is 6.92 Å². The van der Waals surface area contributed by atoms with Gasteiger partial charge < -0.3 is 20.5 Å². The van der Waals surface area contributed by atoms with E-state index in [2.05, 4.69) is 10.6 Å². The zero-order chi connectivity index (χ0) is 12.2. The first kappa shape index (κ1) is 12.8. The quantitative estimate of drug-likeness (QED) is 0.649. The molecule has 1 saturated heterocycles. The van der Waals surface area contributed by atoms with Gasteiger partial charge in [-0.25, -0.2) is 9.59 Å². The van der Waals surface area contributed by atoms with Gasteiger partial charge in [-0.3, -0.25) is 0 Å². The molecule has 1 heterocycles. The number of carbonyl (C=O) groups is 2. The van der Waals surface area contributed by atoms with Crippen molar-refractivity contribution in [3.8, 4) is 0 Å². The van der Waals surface area contributed by atoms with Crippen molar-refractivity contribution in [1.82, 2.24) is 10.6 Å². The lowest BCUT2D eigenvalue weighted by atomic mass is 10.0. The number of ether oxygens (including phenoxy) is 1. The van der Waals surface area contributed by atoms with Crippen molar-refractivity contribution in [2.24, 2.45) is 0 Å². The van der Waals surface area contributed by atoms with Gasteiger partial charge in [-0.05, 0) is 19.8 Å². The van der Waals surface area contributed by atoms with Gasteiger partial charge in [0.2, 0.25) is 0 Å². The fraction of sp³-hybridized carbons (Fsp3) is 0.800. The Labute approximate surface area is 94.3 Å². The zero-order valence-electron chi connectivity index (χ0n) is 9.58. The van der Waals surface area contributed by atoms with Crippen LogP contribution in [0.25, 0.3) is 0 Å². The molecule has 6 heteroatoms. The third-order valence-electron chi connectivity index (χ3n) is 2.65. The van der Waals surface area contributed by atoms with Crippen LogP contribution >= 0.6 is 0 Å². The van der Waals surface area contributed by atoms with E-state index in [0.717, 1.165) is 6.42 Å². The summed E-state index contributed by atoms with van der Waals surface area (Å²) in [6.07, 6.45) is 1.10. The monoisotopic (exact) mass is 230 g/mol. The first-order valence-electron chi connectivity index (χ1n) is 5.36. The fourth-order valence-corrected chi connectivity index (χ4v) is 1.57. The van der Waals surface area contributed by atoms with Crippen molar-refractivity contribution in [2.45, 2.75) is 38.3 Å². The lowest BCUT2D eigenvalue weighted by molar-refractivity contribution is -0.139. The van der Waals surface area contributed by atoms with E-state index in [4.69, 9.17) is 9.84 Å². The summed E-state index contributed by atoms with van der Waals surface area (Å²) in [5.74, 6) is -1.02. The summed E-state index contributed by atoms with van der Waals surface area (Å²) in [7, 11) is 0. The molecule has 6 nitrogen and oxygen atoms in total. The lowest BCUT2D eigenvalue weighted by Crippen LogP contribution is -2.54. The molecule has 3 N–H and O–H groups in total. The van der Waals surface area contributed by atoms with Crippen LogP contribution in [0.5, 0.6) is 0 Å². The molecular formula is C10H18N2O4. The van der Waals surface area contributed by atoms with Crippen LogP contribution in [0.4, 0.5) is 4.79 Å². The van der Waals surface area contributed by atoms with Gasteiger partial charge in [0.1, 0.15) is 6.04 Å². The van der Waals surface area contributed by atoms with E-state index in [9.17, 15) is 9.59 Å². The maximum Gasteiger partial charge on any atom is 0.326 e. The predicted octanol–water partition coefficient (Wildman–Crippen LogP) is 0.328. The van der Waals surface area contributed by atoms with Gasteiger partial charge >= 0.3 is 12.0 Å². The minimum Gasteiger partial charge on any atom is -0.480 e. The van der Waals surface area contributed by atoms with Crippen LogP contribution in [0.1, 0.15) is 26.7 Å². The summed E-state index contributed by atoms with van der Waals surface area (Å²) < 4.78 is 5.18. The first-order chi connectivity index (χ1) is 7.47. The van der Waals surface area contributed by atoms with Crippen LogP contribution in [0.15, 0.2) is 0 Å². The summed E-state index contributed by atoms with van der Waals surface area (Å²) in [6, 6.07) is -1.30. The molecule has 1 aliphatic heterocycles. The number of aliphatic carboxylic acids is 1. The molecular weight excluding hydrogens is 212 g/mol. The highest BCUT2D eigenvalue weighted by atomic mass is 16.5. The second-order valence-electron chi connectivity index (χ2n) is 4.26. The van der Waals surface area contributed by atoms with E-state index in [1.807, 2.05) is 6.92 Å². The van der Waals surface area contributed by atoms with Crippen molar-refractivity contribution < 1.29 is 19.4 Å². The molecule has 1 aliphatic rings. The van der Waals surface area contributed by atoms with E-state index in [1.165, 1.54) is 0 Å². The molecule has 2 amide bonds. The van der Waals surface area contributed by atoms with Gasteiger partial charge in [0.15, 0.2) is 0 Å². The van der Waals surface area contributed by atoms with Gasteiger partial charge in [0, 0.05) is 6.61 Å². The second kappa shape index (κ2) is 5.16. The molecule has 0 spiro atoms. The molecule has 0 radical (unpaired) electrons. The third kappa shape index (κ3) is 3.37. The average Bonchev–Trinajstić information content (AvgIpc) is 2.60. The van der Waals surface area contributed by atoms with Gasteiger partial charge in [-0.1, -0.05) is 6.92 Å². The summed E-state index contributed by atoms with van der Waals surface area (Å²) >= 11 is 0. The molecule has 2 unspecified atom stereocenters. The Morgan fingerprint density at radius 2 is 2.25 bits per heavy atom. The minimum absolute atomic E-state index is 0.357. The Bertz CT molecular complexity index is 274. The highest BCUT2D eigenvalue weighted by Crippen LogP contribution is 2.17. The summed E-state index contributed by atoms with van der Waals surface area (Å²) in [4.78, 5) is 22.3. The Hall–Kier alpha value is -1.30. The number of nitrogens with one attached hydrogen (secondary N) is 2. The molecule has 0 aromatic heterocycles. The number of carbonyl (C=O) groups excluding carboxylic acids is 1. The van der Waals surface area contributed by atoms with Crippen LogP contribution in [-0.4, -0.2) is 41.9 Å². The van der Waals surface area contributed by atoms with Crippen molar-refractivity contribution in [2.75, 3.05) is 13.2 Å². The number of hydrogen-bond acceptors (Lipinski definition) is 3. The van der Waals surface area contributed by atoms with Gasteiger partial charge in [0.25, 0.3) is 0 Å². The molecule has 0 saturated carbocycles. The zero-order valence-corrected chi connectivity index (χ0v) is 9.58. The smallest absolute Gasteiger partial charge is 0.326 e. The van der Waals surface area contributed by atoms with E-state index in [0.29, 0.717) is 19.6 Å². The predicted molar refractivity (Wildman–Crippen MR) is 57.2 cm³/mol. The highest BCUT2D eigenvalue weighted by molar-refractivity contribution is 5.82. The molecule has 0 bridgehead atoms. The van der Waals surface area contributed by atoms with Gasteiger partial charge in [-0.2, -0.15) is 0 Å². The molecule has 1 fully saturated rings. The molecule has 0 aromatic carbocycles. The van der Waals surface area contributed by atoms with Crippen molar-refractivity contribution >= 4 is 12.0 Å². The van der Waals surface area contributed by atoms with E-state index >= 15 is 0 Å². The van der Waals surface area contributed by atoms with Crippen LogP contribution in [0, 0.1) is 0 Å². The Balaban J connectivity index is 2.43. The molecule has 2 atom stereocenters. The number of urea groups is 1. The van der Waals surface area contributed by atoms with Crippen molar-refractivity contribution in [3.05, 3.63) is 0 Å². The van der Waals surface area contributed by atoms with Crippen LogP contribution in [0.2, 0.25) is 0 Å². The third-order valence-corrected chi connectivity index (χ3v) is 2.65. The first-order valence-corrected chi connectivity index (χ1v) is 5.36. The maximum absolute atomic E-state index is 11.5. The standard InChI is InChI=1S/C10H18N2O4/c1-3-7(8(13)14)11-9(15)12-10(2)4-5-16-6-10/h7H,3-6H2,1-2H3,(H,13,14)(H2,11,12,15). The summed E-state index contributed by atoms with van der Waals surface area (Å²) in [5, 5.41) is 13.9. The van der Waals surface area contributed by atoms with Gasteiger partial charge in [0.05, 0.1) is 12.1 Å². The van der Waals surface area contributed by atoms with Gasteiger partial charge in [-0.15, -0.1) is 0 Å². The molecule has 92 valence electrons. The number of hydrogen-bond donors (Lipinski definition) is 3. The average molecular weight is 230 g/mol. The van der Waals surface area contributed by atoms with Crippen molar-refractivity contribution in [1.29, 1.82) is 0 Å². The highest BCUT2D eigenvalue weighted by Gasteiger charge is 2.32. The Morgan fingerprint density at radius 1 is 1.56 bits per heavy atom. The number of carboxylic acids is 1. The number of rotatable bonds is 4. The fourth-order valence-electron chi connectivity index (χ4n) is 1.57. The molecule has 0 aromatic rings. The normalized spacial score (nSPS) is 26.1. The molecule has 0 aliphatic carbocycles. The second-order valence-corrected chi connectivity index (χ2v) is 4.26. The number of carboxylic acid groups (broad SMARTS) is 1. The van der Waals surface area contributed by atoms with Crippen LogP contribution in [-0.2, 0) is 9.53 Å².